The number of Topliss-reactive ketones (excluding diaryl/α,β-unsaturated/α-hetero) is 1. The molecule has 1 heterocycles. The topological polar surface area (TPSA) is 67.3 Å². The van der Waals surface area contributed by atoms with Crippen molar-refractivity contribution in [2.24, 2.45) is 11.8 Å². The Morgan fingerprint density at radius 3 is 2.40 bits per heavy atom. The highest BCUT2D eigenvalue weighted by Gasteiger charge is 2.22. The second-order valence-electron chi connectivity index (χ2n) is 3.74. The second-order valence-corrected chi connectivity index (χ2v) is 4.60. The van der Waals surface area contributed by atoms with Crippen molar-refractivity contribution in [1.82, 2.24) is 4.98 Å². The number of carboxylic acid groups (broad SMARTS) is 1. The van der Waals surface area contributed by atoms with Crippen LogP contribution in [-0.2, 0) is 0 Å². The number of ketones is 1. The van der Waals surface area contributed by atoms with E-state index >= 15 is 0 Å². The molecule has 0 aliphatic rings. The summed E-state index contributed by atoms with van der Waals surface area (Å²) in [5.74, 6) is -1.07. The fourth-order valence-corrected chi connectivity index (χ4v) is 1.81. The third-order valence-corrected chi connectivity index (χ3v) is 3.20. The Morgan fingerprint density at radius 2 is 2.00 bits per heavy atom. The standard InChI is InChI=1S/C10H13NO3S/c1-5(2)6(3)8(12)9-11-7(4-15-9)10(13)14/h4-6H,1-3H3,(H,13,14). The van der Waals surface area contributed by atoms with Crippen LogP contribution in [0.5, 0.6) is 0 Å². The molecule has 0 aliphatic carbocycles. The first-order chi connectivity index (χ1) is 6.93. The van der Waals surface area contributed by atoms with E-state index < -0.39 is 5.97 Å². The number of carbonyl (C=O) groups excluding carboxylic acids is 1. The molecule has 0 amide bonds. The lowest BCUT2D eigenvalue weighted by Gasteiger charge is -2.11. The highest BCUT2D eigenvalue weighted by atomic mass is 32.1. The molecule has 1 atom stereocenters. The molecule has 82 valence electrons. The van der Waals surface area contributed by atoms with E-state index in [2.05, 4.69) is 4.98 Å². The largest absolute Gasteiger partial charge is 0.476 e. The maximum atomic E-state index is 11.8. The van der Waals surface area contributed by atoms with Gasteiger partial charge in [-0.3, -0.25) is 4.79 Å². The number of carbonyl (C=O) groups is 2. The zero-order valence-electron chi connectivity index (χ0n) is 8.85. The quantitative estimate of drug-likeness (QED) is 0.801. The Morgan fingerprint density at radius 1 is 1.40 bits per heavy atom. The van der Waals surface area contributed by atoms with Crippen molar-refractivity contribution in [2.45, 2.75) is 20.8 Å². The van der Waals surface area contributed by atoms with Gasteiger partial charge in [-0.15, -0.1) is 11.3 Å². The van der Waals surface area contributed by atoms with E-state index in [0.29, 0.717) is 0 Å². The van der Waals surface area contributed by atoms with E-state index in [-0.39, 0.29) is 28.3 Å². The summed E-state index contributed by atoms with van der Waals surface area (Å²) in [6.07, 6.45) is 0. The molecule has 0 aliphatic heterocycles. The summed E-state index contributed by atoms with van der Waals surface area (Å²) in [5.41, 5.74) is -0.0562. The molecule has 0 bridgehead atoms. The summed E-state index contributed by atoms with van der Waals surface area (Å²) in [5, 5.41) is 10.3. The molecule has 1 aromatic heterocycles. The molecule has 0 fully saturated rings. The first-order valence-electron chi connectivity index (χ1n) is 4.66. The Hall–Kier alpha value is -1.23. The lowest BCUT2D eigenvalue weighted by molar-refractivity contribution is 0.0691. The van der Waals surface area contributed by atoms with E-state index in [9.17, 15) is 9.59 Å². The van der Waals surface area contributed by atoms with E-state index in [4.69, 9.17) is 5.11 Å². The predicted octanol–water partition coefficient (Wildman–Crippen LogP) is 2.32. The van der Waals surface area contributed by atoms with Gasteiger partial charge in [-0.25, -0.2) is 9.78 Å². The summed E-state index contributed by atoms with van der Waals surface area (Å²) >= 11 is 1.09. The number of aromatic carboxylic acids is 1. The first-order valence-corrected chi connectivity index (χ1v) is 5.54. The Bertz CT molecular complexity index is 384. The van der Waals surface area contributed by atoms with Gasteiger partial charge in [-0.2, -0.15) is 0 Å². The van der Waals surface area contributed by atoms with Gasteiger partial charge in [0.2, 0.25) is 0 Å². The van der Waals surface area contributed by atoms with E-state index in [1.165, 1.54) is 5.38 Å². The smallest absolute Gasteiger partial charge is 0.355 e. The second kappa shape index (κ2) is 4.53. The van der Waals surface area contributed by atoms with Crippen LogP contribution in [-0.4, -0.2) is 21.8 Å². The van der Waals surface area contributed by atoms with Crippen LogP contribution < -0.4 is 0 Å². The number of carboxylic acids is 1. The lowest BCUT2D eigenvalue weighted by Crippen LogP contribution is -2.17. The maximum absolute atomic E-state index is 11.8. The third-order valence-electron chi connectivity index (χ3n) is 2.35. The Kier molecular flexibility index (Phi) is 3.57. The van der Waals surface area contributed by atoms with Crippen LogP contribution in [0.3, 0.4) is 0 Å². The maximum Gasteiger partial charge on any atom is 0.355 e. The van der Waals surface area contributed by atoms with Crippen LogP contribution in [0.25, 0.3) is 0 Å². The minimum Gasteiger partial charge on any atom is -0.476 e. The van der Waals surface area contributed by atoms with E-state index in [0.717, 1.165) is 11.3 Å². The van der Waals surface area contributed by atoms with Crippen molar-refractivity contribution < 1.29 is 14.7 Å². The van der Waals surface area contributed by atoms with Crippen molar-refractivity contribution in [1.29, 1.82) is 0 Å². The third kappa shape index (κ3) is 2.62. The number of hydrogen-bond donors (Lipinski definition) is 1. The molecule has 4 nitrogen and oxygen atoms in total. The average molecular weight is 227 g/mol. The van der Waals surface area contributed by atoms with Gasteiger partial charge < -0.3 is 5.11 Å². The summed E-state index contributed by atoms with van der Waals surface area (Å²) in [6.45, 7) is 5.73. The van der Waals surface area contributed by atoms with E-state index in [1.54, 1.807) is 0 Å². The van der Waals surface area contributed by atoms with Crippen LogP contribution in [0.1, 0.15) is 41.1 Å². The van der Waals surface area contributed by atoms with Gasteiger partial charge in [0.05, 0.1) is 0 Å². The van der Waals surface area contributed by atoms with Gasteiger partial charge in [-0.1, -0.05) is 20.8 Å². The normalized spacial score (nSPS) is 12.8. The van der Waals surface area contributed by atoms with E-state index in [1.807, 2.05) is 20.8 Å². The molecule has 1 unspecified atom stereocenters. The molecule has 0 saturated heterocycles. The summed E-state index contributed by atoms with van der Waals surface area (Å²) < 4.78 is 0. The van der Waals surface area contributed by atoms with Crippen molar-refractivity contribution in [3.05, 3.63) is 16.1 Å². The predicted molar refractivity (Wildman–Crippen MR) is 57.4 cm³/mol. The fraction of sp³-hybridized carbons (Fsp3) is 0.500. The molecule has 0 spiro atoms. The minimum atomic E-state index is -1.09. The summed E-state index contributed by atoms with van der Waals surface area (Å²) in [4.78, 5) is 26.1. The van der Waals surface area contributed by atoms with Crippen molar-refractivity contribution in [3.8, 4) is 0 Å². The zero-order valence-corrected chi connectivity index (χ0v) is 9.67. The molecular formula is C10H13NO3S. The molecular weight excluding hydrogens is 214 g/mol. The molecule has 1 N–H and O–H groups in total. The van der Waals surface area contributed by atoms with Crippen molar-refractivity contribution in [2.75, 3.05) is 0 Å². The Balaban J connectivity index is 2.88. The van der Waals surface area contributed by atoms with Gasteiger partial charge in [0.1, 0.15) is 0 Å². The van der Waals surface area contributed by atoms with Crippen molar-refractivity contribution >= 4 is 23.1 Å². The molecule has 0 radical (unpaired) electrons. The SMILES string of the molecule is CC(C)C(C)C(=O)c1nc(C(=O)O)cs1. The first kappa shape index (κ1) is 11.8. The van der Waals surface area contributed by atoms with Crippen LogP contribution in [0.2, 0.25) is 0 Å². The van der Waals surface area contributed by atoms with Gasteiger partial charge in [0, 0.05) is 11.3 Å². The lowest BCUT2D eigenvalue weighted by atomic mass is 9.94. The summed E-state index contributed by atoms with van der Waals surface area (Å²) in [6, 6.07) is 0. The van der Waals surface area contributed by atoms with Gasteiger partial charge in [0.25, 0.3) is 0 Å². The minimum absolute atomic E-state index is 0.0562. The Labute approximate surface area is 92.0 Å². The van der Waals surface area contributed by atoms with Gasteiger partial charge in [0.15, 0.2) is 16.5 Å². The van der Waals surface area contributed by atoms with Crippen LogP contribution >= 0.6 is 11.3 Å². The van der Waals surface area contributed by atoms with Gasteiger partial charge >= 0.3 is 5.97 Å². The zero-order chi connectivity index (χ0) is 11.6. The number of nitrogens with zero attached hydrogens (tertiary/aromatic N) is 1. The number of aromatic nitrogens is 1. The number of thiazole rings is 1. The number of rotatable bonds is 4. The van der Waals surface area contributed by atoms with Gasteiger partial charge in [-0.05, 0) is 5.92 Å². The molecule has 0 saturated carbocycles. The number of hydrogen-bond acceptors (Lipinski definition) is 4. The highest BCUT2D eigenvalue weighted by molar-refractivity contribution is 7.11. The molecule has 1 rings (SSSR count). The molecule has 5 heteroatoms. The average Bonchev–Trinajstić information content (AvgIpc) is 2.64. The van der Waals surface area contributed by atoms with Crippen LogP contribution in [0.4, 0.5) is 0 Å². The molecule has 15 heavy (non-hydrogen) atoms. The van der Waals surface area contributed by atoms with Crippen LogP contribution in [0, 0.1) is 11.8 Å². The fourth-order valence-electron chi connectivity index (χ4n) is 0.983. The monoisotopic (exact) mass is 227 g/mol. The summed E-state index contributed by atoms with van der Waals surface area (Å²) in [7, 11) is 0. The van der Waals surface area contributed by atoms with Crippen LogP contribution in [0.15, 0.2) is 5.38 Å². The highest BCUT2D eigenvalue weighted by Crippen LogP contribution is 2.19. The molecule has 0 aromatic carbocycles. The van der Waals surface area contributed by atoms with Crippen molar-refractivity contribution in [3.63, 3.8) is 0 Å². The molecule has 1 aromatic rings.